The molecule has 1 heterocycles. The number of nitrogens with zero attached hydrogens (tertiary/aromatic N) is 1. The summed E-state index contributed by atoms with van der Waals surface area (Å²) in [5.74, 6) is 0.914. The SMILES string of the molecule is O=C(Nc1cccc(S(=O)(=O)NC2=NCCC2)c1)c1ccc(COc2ccccc2)cc1. The molecular formula is C24H23N3O4S. The van der Waals surface area contributed by atoms with Gasteiger partial charge < -0.3 is 10.1 Å². The zero-order valence-electron chi connectivity index (χ0n) is 17.3. The Morgan fingerprint density at radius 1 is 0.969 bits per heavy atom. The number of ether oxygens (including phenoxy) is 1. The van der Waals surface area contributed by atoms with Crippen LogP contribution in [0.1, 0.15) is 28.8 Å². The maximum atomic E-state index is 12.6. The van der Waals surface area contributed by atoms with Crippen molar-refractivity contribution < 1.29 is 17.9 Å². The zero-order valence-corrected chi connectivity index (χ0v) is 18.1. The molecule has 0 spiro atoms. The smallest absolute Gasteiger partial charge is 0.262 e. The predicted molar refractivity (Wildman–Crippen MR) is 123 cm³/mol. The number of anilines is 1. The average Bonchev–Trinajstić information content (AvgIpc) is 3.31. The third kappa shape index (κ3) is 5.53. The number of amides is 1. The number of para-hydroxylation sites is 1. The summed E-state index contributed by atoms with van der Waals surface area (Å²) in [5, 5.41) is 2.75. The highest BCUT2D eigenvalue weighted by Gasteiger charge is 2.19. The van der Waals surface area contributed by atoms with Crippen LogP contribution in [0.2, 0.25) is 0 Å². The van der Waals surface area contributed by atoms with E-state index in [0.29, 0.717) is 36.7 Å². The second-order valence-electron chi connectivity index (χ2n) is 7.32. The number of hydrogen-bond acceptors (Lipinski definition) is 5. The Morgan fingerprint density at radius 3 is 2.47 bits per heavy atom. The molecule has 0 atom stereocenters. The van der Waals surface area contributed by atoms with E-state index in [1.807, 2.05) is 42.5 Å². The number of amidine groups is 1. The van der Waals surface area contributed by atoms with Crippen LogP contribution in [0.5, 0.6) is 5.75 Å². The summed E-state index contributed by atoms with van der Waals surface area (Å²) in [5.41, 5.74) is 1.78. The molecule has 0 aliphatic carbocycles. The average molecular weight is 450 g/mol. The Kier molecular flexibility index (Phi) is 6.51. The molecule has 1 aliphatic heterocycles. The highest BCUT2D eigenvalue weighted by Crippen LogP contribution is 2.18. The van der Waals surface area contributed by atoms with Crippen molar-refractivity contribution >= 4 is 27.5 Å². The van der Waals surface area contributed by atoms with Gasteiger partial charge in [0.05, 0.1) is 4.90 Å². The van der Waals surface area contributed by atoms with Gasteiger partial charge in [0.2, 0.25) is 0 Å². The highest BCUT2D eigenvalue weighted by atomic mass is 32.2. The molecule has 0 bridgehead atoms. The van der Waals surface area contributed by atoms with Gasteiger partial charge >= 0.3 is 0 Å². The van der Waals surface area contributed by atoms with E-state index in [0.717, 1.165) is 17.7 Å². The maximum Gasteiger partial charge on any atom is 0.262 e. The van der Waals surface area contributed by atoms with Gasteiger partial charge in [-0.2, -0.15) is 0 Å². The first kappa shape index (κ1) is 21.6. The molecule has 0 radical (unpaired) electrons. The lowest BCUT2D eigenvalue weighted by Gasteiger charge is -2.10. The van der Waals surface area contributed by atoms with E-state index in [9.17, 15) is 13.2 Å². The summed E-state index contributed by atoms with van der Waals surface area (Å²) in [7, 11) is -3.75. The first-order valence-corrected chi connectivity index (χ1v) is 11.7. The number of aliphatic imine (C=N–C) groups is 1. The second kappa shape index (κ2) is 9.65. The lowest BCUT2D eigenvalue weighted by atomic mass is 10.1. The minimum absolute atomic E-state index is 0.0679. The van der Waals surface area contributed by atoms with Gasteiger partial charge in [-0.15, -0.1) is 0 Å². The topological polar surface area (TPSA) is 96.9 Å². The van der Waals surface area contributed by atoms with Crippen LogP contribution >= 0.6 is 0 Å². The summed E-state index contributed by atoms with van der Waals surface area (Å²) in [4.78, 5) is 16.8. The summed E-state index contributed by atoms with van der Waals surface area (Å²) < 4.78 is 33.4. The lowest BCUT2D eigenvalue weighted by Crippen LogP contribution is -2.29. The number of nitrogens with one attached hydrogen (secondary N) is 2. The number of sulfonamides is 1. The van der Waals surface area contributed by atoms with Crippen molar-refractivity contribution in [1.82, 2.24) is 4.72 Å². The Labute approximate surface area is 187 Å². The van der Waals surface area contributed by atoms with Crippen LogP contribution in [0.4, 0.5) is 5.69 Å². The van der Waals surface area contributed by atoms with E-state index in [2.05, 4.69) is 15.0 Å². The summed E-state index contributed by atoms with van der Waals surface area (Å²) >= 11 is 0. The molecular weight excluding hydrogens is 426 g/mol. The van der Waals surface area contributed by atoms with Crippen LogP contribution in [0.3, 0.4) is 0 Å². The van der Waals surface area contributed by atoms with Gasteiger partial charge in [0.25, 0.3) is 15.9 Å². The fraction of sp³-hybridized carbons (Fsp3) is 0.167. The molecule has 4 rings (SSSR count). The Balaban J connectivity index is 1.38. The van der Waals surface area contributed by atoms with Crippen LogP contribution < -0.4 is 14.8 Å². The van der Waals surface area contributed by atoms with E-state index in [1.54, 1.807) is 24.3 Å². The molecule has 164 valence electrons. The van der Waals surface area contributed by atoms with Crippen molar-refractivity contribution in [3.63, 3.8) is 0 Å². The molecule has 0 fully saturated rings. The number of benzene rings is 3. The van der Waals surface area contributed by atoms with E-state index >= 15 is 0 Å². The predicted octanol–water partition coefficient (Wildman–Crippen LogP) is 3.99. The third-order valence-corrected chi connectivity index (χ3v) is 6.27. The summed E-state index contributed by atoms with van der Waals surface area (Å²) in [6, 6.07) is 22.7. The van der Waals surface area contributed by atoms with E-state index in [-0.39, 0.29) is 10.8 Å². The molecule has 2 N–H and O–H groups in total. The van der Waals surface area contributed by atoms with Crippen molar-refractivity contribution in [2.24, 2.45) is 4.99 Å². The van der Waals surface area contributed by atoms with E-state index in [4.69, 9.17) is 4.74 Å². The quantitative estimate of drug-likeness (QED) is 0.570. The van der Waals surface area contributed by atoms with Gasteiger partial charge in [-0.25, -0.2) is 8.42 Å². The van der Waals surface area contributed by atoms with Gasteiger partial charge in [-0.05, 0) is 54.4 Å². The molecule has 0 unspecified atom stereocenters. The minimum atomic E-state index is -3.75. The molecule has 7 nitrogen and oxygen atoms in total. The van der Waals surface area contributed by atoms with Crippen molar-refractivity contribution in [3.05, 3.63) is 90.0 Å². The first-order chi connectivity index (χ1) is 15.5. The number of hydrogen-bond donors (Lipinski definition) is 2. The number of rotatable bonds is 7. The molecule has 3 aromatic rings. The molecule has 0 aromatic heterocycles. The Morgan fingerprint density at radius 2 is 1.75 bits per heavy atom. The van der Waals surface area contributed by atoms with Crippen molar-refractivity contribution in [2.75, 3.05) is 11.9 Å². The maximum absolute atomic E-state index is 12.6. The highest BCUT2D eigenvalue weighted by molar-refractivity contribution is 7.90. The monoisotopic (exact) mass is 449 g/mol. The van der Waals surface area contributed by atoms with Crippen molar-refractivity contribution in [3.8, 4) is 5.75 Å². The molecule has 1 aliphatic rings. The molecule has 0 saturated heterocycles. The number of carbonyl (C=O) groups excluding carboxylic acids is 1. The molecule has 0 saturated carbocycles. The van der Waals surface area contributed by atoms with Crippen LogP contribution in [0.25, 0.3) is 0 Å². The van der Waals surface area contributed by atoms with E-state index in [1.165, 1.54) is 12.1 Å². The zero-order chi connectivity index (χ0) is 22.4. The largest absolute Gasteiger partial charge is 0.489 e. The Bertz CT molecular complexity index is 1220. The van der Waals surface area contributed by atoms with E-state index < -0.39 is 10.0 Å². The fourth-order valence-corrected chi connectivity index (χ4v) is 4.35. The van der Waals surface area contributed by atoms with Gasteiger partial charge in [0.1, 0.15) is 18.2 Å². The molecule has 3 aromatic carbocycles. The van der Waals surface area contributed by atoms with Crippen molar-refractivity contribution in [2.45, 2.75) is 24.3 Å². The van der Waals surface area contributed by atoms with Crippen LogP contribution in [0.15, 0.2) is 88.8 Å². The normalized spacial score (nSPS) is 13.3. The van der Waals surface area contributed by atoms with Crippen LogP contribution in [0, 0.1) is 0 Å². The van der Waals surface area contributed by atoms with Crippen LogP contribution in [-0.2, 0) is 16.6 Å². The lowest BCUT2D eigenvalue weighted by molar-refractivity contribution is 0.102. The molecule has 32 heavy (non-hydrogen) atoms. The number of carbonyl (C=O) groups is 1. The molecule has 8 heteroatoms. The standard InChI is InChI=1S/C24H23N3O4S/c28-24(19-13-11-18(12-14-19)17-31-21-7-2-1-3-8-21)26-20-6-4-9-22(16-20)32(29,30)27-23-10-5-15-25-23/h1-4,6-9,11-14,16H,5,10,15,17H2,(H,25,27)(H,26,28). The Hall–Kier alpha value is -3.65. The van der Waals surface area contributed by atoms with Gasteiger partial charge in [-0.1, -0.05) is 36.4 Å². The fourth-order valence-electron chi connectivity index (χ4n) is 3.22. The molecule has 1 amide bonds. The minimum Gasteiger partial charge on any atom is -0.489 e. The van der Waals surface area contributed by atoms with Crippen molar-refractivity contribution in [1.29, 1.82) is 0 Å². The summed E-state index contributed by atoms with van der Waals surface area (Å²) in [6.07, 6.45) is 1.45. The van der Waals surface area contributed by atoms with Gasteiger partial charge in [0, 0.05) is 24.2 Å². The first-order valence-electron chi connectivity index (χ1n) is 10.2. The second-order valence-corrected chi connectivity index (χ2v) is 9.00. The summed E-state index contributed by atoms with van der Waals surface area (Å²) in [6.45, 7) is 1.02. The third-order valence-electron chi connectivity index (χ3n) is 4.89. The van der Waals surface area contributed by atoms with Crippen LogP contribution in [-0.4, -0.2) is 26.7 Å². The van der Waals surface area contributed by atoms with Gasteiger partial charge in [-0.3, -0.25) is 14.5 Å². The van der Waals surface area contributed by atoms with Gasteiger partial charge in [0.15, 0.2) is 0 Å².